The molecule has 0 bridgehead atoms. The summed E-state index contributed by atoms with van der Waals surface area (Å²) in [5.74, 6) is 1.10. The predicted molar refractivity (Wildman–Crippen MR) is 62.7 cm³/mol. The lowest BCUT2D eigenvalue weighted by molar-refractivity contribution is 0.0586. The highest BCUT2D eigenvalue weighted by molar-refractivity contribution is 5.76. The Morgan fingerprint density at radius 3 is 2.76 bits per heavy atom. The van der Waals surface area contributed by atoms with E-state index in [0.717, 1.165) is 25.5 Å². The average Bonchev–Trinajstić information content (AvgIpc) is 2.75. The van der Waals surface area contributed by atoms with Gasteiger partial charge in [0, 0.05) is 5.56 Å². The molecule has 92 valence electrons. The van der Waals surface area contributed by atoms with Crippen LogP contribution in [0.25, 0.3) is 0 Å². The molecular weight excluding hydrogens is 220 g/mol. The molecule has 2 unspecified atom stereocenters. The molecular formula is C13H16O4. The molecule has 0 radical (unpaired) electrons. The van der Waals surface area contributed by atoms with Gasteiger partial charge in [0.2, 0.25) is 0 Å². The van der Waals surface area contributed by atoms with E-state index in [0.29, 0.717) is 17.1 Å². The van der Waals surface area contributed by atoms with E-state index in [9.17, 15) is 9.90 Å². The fourth-order valence-electron chi connectivity index (χ4n) is 2.07. The minimum absolute atomic E-state index is 0.203. The lowest BCUT2D eigenvalue weighted by atomic mass is 10.2. The Kier molecular flexibility index (Phi) is 3.64. The maximum absolute atomic E-state index is 10.7. The molecule has 0 heterocycles. The molecule has 1 aromatic rings. The van der Waals surface area contributed by atoms with E-state index in [2.05, 4.69) is 0 Å². The molecule has 0 spiro atoms. The van der Waals surface area contributed by atoms with Gasteiger partial charge in [-0.3, -0.25) is 4.79 Å². The lowest BCUT2D eigenvalue weighted by Crippen LogP contribution is -2.25. The molecule has 4 nitrogen and oxygen atoms in total. The number of hydrogen-bond acceptors (Lipinski definition) is 4. The molecule has 1 aliphatic rings. The topological polar surface area (TPSA) is 55.8 Å². The number of carbonyl (C=O) groups excluding carboxylic acids is 1. The number of benzene rings is 1. The molecule has 0 saturated heterocycles. The molecule has 0 aromatic heterocycles. The number of aliphatic hydroxyl groups excluding tert-OH is 1. The highest BCUT2D eigenvalue weighted by Crippen LogP contribution is 2.32. The van der Waals surface area contributed by atoms with E-state index < -0.39 is 6.10 Å². The van der Waals surface area contributed by atoms with Crippen molar-refractivity contribution >= 4 is 6.29 Å². The molecule has 2 atom stereocenters. The van der Waals surface area contributed by atoms with Crippen molar-refractivity contribution < 1.29 is 19.4 Å². The van der Waals surface area contributed by atoms with Crippen LogP contribution in [0.3, 0.4) is 0 Å². The summed E-state index contributed by atoms with van der Waals surface area (Å²) in [4.78, 5) is 10.7. The first-order valence-corrected chi connectivity index (χ1v) is 5.72. The first-order valence-electron chi connectivity index (χ1n) is 5.72. The van der Waals surface area contributed by atoms with Crippen LogP contribution in [0.4, 0.5) is 0 Å². The highest BCUT2D eigenvalue weighted by Gasteiger charge is 2.27. The quantitative estimate of drug-likeness (QED) is 0.810. The summed E-state index contributed by atoms with van der Waals surface area (Å²) in [5, 5.41) is 9.70. The van der Waals surface area contributed by atoms with E-state index in [1.807, 2.05) is 0 Å². The van der Waals surface area contributed by atoms with Crippen molar-refractivity contribution in [3.8, 4) is 11.5 Å². The summed E-state index contributed by atoms with van der Waals surface area (Å²) in [5.41, 5.74) is 0.535. The van der Waals surface area contributed by atoms with Crippen molar-refractivity contribution in [3.05, 3.63) is 23.8 Å². The van der Waals surface area contributed by atoms with Crippen molar-refractivity contribution in [1.82, 2.24) is 0 Å². The number of carbonyl (C=O) groups is 1. The second kappa shape index (κ2) is 5.19. The molecule has 1 N–H and O–H groups in total. The monoisotopic (exact) mass is 236 g/mol. The number of rotatable bonds is 4. The van der Waals surface area contributed by atoms with Gasteiger partial charge in [-0.25, -0.2) is 0 Å². The third-order valence-corrected chi connectivity index (χ3v) is 3.02. The number of ether oxygens (including phenoxy) is 2. The van der Waals surface area contributed by atoms with Gasteiger partial charge in [0.15, 0.2) is 11.5 Å². The number of aldehydes is 1. The summed E-state index contributed by atoms with van der Waals surface area (Å²) in [6, 6.07) is 5.00. The third kappa shape index (κ3) is 2.58. The maximum Gasteiger partial charge on any atom is 0.162 e. The van der Waals surface area contributed by atoms with Crippen LogP contribution in [0, 0.1) is 0 Å². The molecule has 0 amide bonds. The minimum atomic E-state index is -0.431. The zero-order valence-corrected chi connectivity index (χ0v) is 9.76. The van der Waals surface area contributed by atoms with Crippen LogP contribution >= 0.6 is 0 Å². The Balaban J connectivity index is 2.20. The van der Waals surface area contributed by atoms with Crippen molar-refractivity contribution in [2.75, 3.05) is 7.11 Å². The van der Waals surface area contributed by atoms with Crippen LogP contribution in [0.15, 0.2) is 18.2 Å². The summed E-state index contributed by atoms with van der Waals surface area (Å²) < 4.78 is 10.9. The second-order valence-corrected chi connectivity index (χ2v) is 4.18. The number of methoxy groups -OCH3 is 1. The number of aliphatic hydroxyl groups is 1. The molecule has 1 aliphatic carbocycles. The van der Waals surface area contributed by atoms with Crippen molar-refractivity contribution in [2.45, 2.75) is 31.5 Å². The normalized spacial score (nSPS) is 23.4. The fraction of sp³-hybridized carbons (Fsp3) is 0.462. The molecule has 4 heteroatoms. The lowest BCUT2D eigenvalue weighted by Gasteiger charge is -2.19. The van der Waals surface area contributed by atoms with Crippen LogP contribution in [0.5, 0.6) is 11.5 Å². The van der Waals surface area contributed by atoms with Gasteiger partial charge in [-0.2, -0.15) is 0 Å². The molecule has 1 saturated carbocycles. The van der Waals surface area contributed by atoms with Crippen molar-refractivity contribution in [1.29, 1.82) is 0 Å². The van der Waals surface area contributed by atoms with E-state index in [1.165, 1.54) is 0 Å². The Morgan fingerprint density at radius 2 is 2.18 bits per heavy atom. The van der Waals surface area contributed by atoms with Gasteiger partial charge in [0.25, 0.3) is 0 Å². The molecule has 0 aliphatic heterocycles. The molecule has 1 fully saturated rings. The van der Waals surface area contributed by atoms with Crippen LogP contribution in [0.1, 0.15) is 29.6 Å². The van der Waals surface area contributed by atoms with E-state index in [4.69, 9.17) is 9.47 Å². The van der Waals surface area contributed by atoms with Gasteiger partial charge in [0.05, 0.1) is 13.2 Å². The van der Waals surface area contributed by atoms with Gasteiger partial charge in [-0.05, 0) is 37.5 Å². The van der Waals surface area contributed by atoms with Crippen LogP contribution in [-0.2, 0) is 0 Å². The highest BCUT2D eigenvalue weighted by atomic mass is 16.5. The molecule has 2 rings (SSSR count). The first kappa shape index (κ1) is 11.9. The summed E-state index contributed by atoms with van der Waals surface area (Å²) in [7, 11) is 1.55. The van der Waals surface area contributed by atoms with Crippen LogP contribution < -0.4 is 9.47 Å². The molecule has 1 aromatic carbocycles. The van der Waals surface area contributed by atoms with Gasteiger partial charge >= 0.3 is 0 Å². The Hall–Kier alpha value is -1.55. The fourth-order valence-corrected chi connectivity index (χ4v) is 2.07. The van der Waals surface area contributed by atoms with Crippen LogP contribution in [-0.4, -0.2) is 30.7 Å². The summed E-state index contributed by atoms with van der Waals surface area (Å²) in [6.45, 7) is 0. The SMILES string of the molecule is COc1ccc(C=O)cc1OC1CCCC1O. The average molecular weight is 236 g/mol. The predicted octanol–water partition coefficient (Wildman–Crippen LogP) is 1.80. The summed E-state index contributed by atoms with van der Waals surface area (Å²) in [6.07, 6.45) is 2.68. The zero-order valence-electron chi connectivity index (χ0n) is 9.76. The van der Waals surface area contributed by atoms with Crippen LogP contribution in [0.2, 0.25) is 0 Å². The van der Waals surface area contributed by atoms with Crippen molar-refractivity contribution in [2.24, 2.45) is 0 Å². The number of hydrogen-bond donors (Lipinski definition) is 1. The largest absolute Gasteiger partial charge is 0.493 e. The Morgan fingerprint density at radius 1 is 1.35 bits per heavy atom. The second-order valence-electron chi connectivity index (χ2n) is 4.18. The Bertz CT molecular complexity index is 402. The zero-order chi connectivity index (χ0) is 12.3. The smallest absolute Gasteiger partial charge is 0.162 e. The first-order chi connectivity index (χ1) is 8.24. The maximum atomic E-state index is 10.7. The summed E-state index contributed by atoms with van der Waals surface area (Å²) >= 11 is 0. The third-order valence-electron chi connectivity index (χ3n) is 3.02. The van der Waals surface area contributed by atoms with Gasteiger partial charge in [-0.15, -0.1) is 0 Å². The van der Waals surface area contributed by atoms with E-state index in [1.54, 1.807) is 25.3 Å². The van der Waals surface area contributed by atoms with Gasteiger partial charge in [0.1, 0.15) is 12.4 Å². The van der Waals surface area contributed by atoms with Gasteiger partial charge < -0.3 is 14.6 Å². The minimum Gasteiger partial charge on any atom is -0.493 e. The van der Waals surface area contributed by atoms with Crippen molar-refractivity contribution in [3.63, 3.8) is 0 Å². The standard InChI is InChI=1S/C13H16O4/c1-16-12-6-5-9(8-14)7-13(12)17-11-4-2-3-10(11)15/h5-8,10-11,15H,2-4H2,1H3. The Labute approximate surface area is 100 Å². The molecule has 17 heavy (non-hydrogen) atoms. The van der Waals surface area contributed by atoms with E-state index in [-0.39, 0.29) is 6.10 Å². The van der Waals surface area contributed by atoms with Gasteiger partial charge in [-0.1, -0.05) is 0 Å². The van der Waals surface area contributed by atoms with E-state index >= 15 is 0 Å².